The van der Waals surface area contributed by atoms with E-state index in [-0.39, 0.29) is 24.8 Å². The minimum atomic E-state index is -2.30. The fourth-order valence-corrected chi connectivity index (χ4v) is 8.39. The molecule has 0 spiro atoms. The van der Waals surface area contributed by atoms with Gasteiger partial charge < -0.3 is 9.84 Å². The third-order valence-corrected chi connectivity index (χ3v) is 9.64. The Morgan fingerprint density at radius 1 is 1.27 bits per heavy atom. The maximum absolute atomic E-state index is 17.2. The van der Waals surface area contributed by atoms with Crippen molar-refractivity contribution < 1.29 is 37.4 Å². The first-order chi connectivity index (χ1) is 15.3. The molecule has 0 heterocycles. The molecule has 0 saturated heterocycles. The highest BCUT2D eigenvalue weighted by atomic mass is 32.2. The van der Waals surface area contributed by atoms with Crippen LogP contribution in [0.3, 0.4) is 0 Å². The summed E-state index contributed by atoms with van der Waals surface area (Å²) < 4.78 is 51.5. The number of rotatable bonds is 3. The molecule has 0 bridgehead atoms. The molecule has 4 aliphatic carbocycles. The molecule has 33 heavy (non-hydrogen) atoms. The topological polar surface area (TPSA) is 80.7 Å². The van der Waals surface area contributed by atoms with Crippen LogP contribution in [-0.2, 0) is 19.1 Å². The molecule has 2 unspecified atom stereocenters. The van der Waals surface area contributed by atoms with Crippen LogP contribution in [0.1, 0.15) is 47.0 Å². The Morgan fingerprint density at radius 2 is 1.94 bits per heavy atom. The van der Waals surface area contributed by atoms with Gasteiger partial charge in [-0.3, -0.25) is 14.4 Å². The number of ketones is 1. The van der Waals surface area contributed by atoms with Crippen molar-refractivity contribution in [2.24, 2.45) is 28.6 Å². The number of allylic oxidation sites excluding steroid dienone is 4. The quantitative estimate of drug-likeness (QED) is 0.607. The Morgan fingerprint density at radius 3 is 2.55 bits per heavy atom. The fraction of sp³-hybridized carbons (Fsp3) is 0.708. The molecule has 9 atom stereocenters. The summed E-state index contributed by atoms with van der Waals surface area (Å²) in [5.41, 5.74) is -6.84. The third-order valence-electron chi connectivity index (χ3n) is 8.96. The number of aliphatic hydroxyl groups is 1. The molecule has 0 aliphatic heterocycles. The first kappa shape index (κ1) is 24.5. The summed E-state index contributed by atoms with van der Waals surface area (Å²) >= 11 is 0.385. The molecule has 182 valence electrons. The summed E-state index contributed by atoms with van der Waals surface area (Å²) in [4.78, 5) is 37.3. The van der Waals surface area contributed by atoms with Gasteiger partial charge in [0.15, 0.2) is 17.1 Å². The van der Waals surface area contributed by atoms with E-state index in [0.29, 0.717) is 11.8 Å². The van der Waals surface area contributed by atoms with Gasteiger partial charge in [0.25, 0.3) is 0 Å². The van der Waals surface area contributed by atoms with Crippen molar-refractivity contribution >= 4 is 28.6 Å². The van der Waals surface area contributed by atoms with E-state index in [1.807, 2.05) is 0 Å². The average molecular weight is 487 g/mol. The molecule has 4 rings (SSSR count). The van der Waals surface area contributed by atoms with E-state index in [4.69, 9.17) is 4.74 Å². The summed E-state index contributed by atoms with van der Waals surface area (Å²) in [5.74, 6) is -3.39. The van der Waals surface area contributed by atoms with Crippen LogP contribution in [0, 0.1) is 28.6 Å². The van der Waals surface area contributed by atoms with Gasteiger partial charge in [0, 0.05) is 29.6 Å². The fourth-order valence-electron chi connectivity index (χ4n) is 7.60. The van der Waals surface area contributed by atoms with Crippen LogP contribution in [0.2, 0.25) is 0 Å². The molecule has 0 aromatic carbocycles. The molecule has 0 radical (unpaired) electrons. The molecule has 1 N–H and O–H groups in total. The maximum Gasteiger partial charge on any atom is 0.303 e. The van der Waals surface area contributed by atoms with Crippen molar-refractivity contribution in [1.82, 2.24) is 0 Å². The van der Waals surface area contributed by atoms with Crippen molar-refractivity contribution in [3.63, 3.8) is 0 Å². The number of hydrogen-bond acceptors (Lipinski definition) is 6. The van der Waals surface area contributed by atoms with Gasteiger partial charge in [-0.05, 0) is 61.6 Å². The van der Waals surface area contributed by atoms with Crippen LogP contribution in [0.5, 0.6) is 0 Å². The van der Waals surface area contributed by atoms with E-state index in [1.165, 1.54) is 19.1 Å². The van der Waals surface area contributed by atoms with Gasteiger partial charge in [-0.2, -0.15) is 0 Å². The highest BCUT2D eigenvalue weighted by molar-refractivity contribution is 8.13. The zero-order valence-electron chi connectivity index (χ0n) is 19.1. The zero-order valence-corrected chi connectivity index (χ0v) is 19.9. The Kier molecular flexibility index (Phi) is 5.72. The number of carbonyl (C=O) groups is 3. The second kappa shape index (κ2) is 7.70. The van der Waals surface area contributed by atoms with Gasteiger partial charge in [-0.15, -0.1) is 0 Å². The van der Waals surface area contributed by atoms with E-state index in [2.05, 4.69) is 0 Å². The Bertz CT molecular complexity index is 968. The summed E-state index contributed by atoms with van der Waals surface area (Å²) in [6, 6.07) is -1.02. The van der Waals surface area contributed by atoms with Gasteiger partial charge in [0.2, 0.25) is 5.12 Å². The minimum Gasteiger partial charge on any atom is -0.449 e. The Labute approximate surface area is 195 Å². The number of esters is 1. The molecule has 3 saturated carbocycles. The lowest BCUT2D eigenvalue weighted by molar-refractivity contribution is -0.228. The third kappa shape index (κ3) is 2.93. The minimum absolute atomic E-state index is 0.0118. The highest BCUT2D eigenvalue weighted by Gasteiger charge is 2.78. The number of ether oxygens (including phenoxy) is 1. The molecule has 9 heteroatoms. The maximum atomic E-state index is 17.2. The number of fused-ring (bicyclic) bond motifs is 5. The second-order valence-electron chi connectivity index (χ2n) is 10.4. The Balaban J connectivity index is 1.88. The van der Waals surface area contributed by atoms with Gasteiger partial charge >= 0.3 is 5.97 Å². The van der Waals surface area contributed by atoms with Crippen molar-refractivity contribution in [1.29, 1.82) is 0 Å². The lowest BCUT2D eigenvalue weighted by Gasteiger charge is -2.63. The molecular weight excluding hydrogens is 457 g/mol. The molecule has 4 aliphatic rings. The molecule has 0 aromatic rings. The van der Waals surface area contributed by atoms with Gasteiger partial charge in [-0.25, -0.2) is 13.2 Å². The first-order valence-electron chi connectivity index (χ1n) is 11.2. The van der Waals surface area contributed by atoms with Gasteiger partial charge in [0.1, 0.15) is 12.2 Å². The van der Waals surface area contributed by atoms with Gasteiger partial charge in [0.05, 0.1) is 6.10 Å². The average Bonchev–Trinajstić information content (AvgIpc) is 2.93. The van der Waals surface area contributed by atoms with Crippen LogP contribution >= 0.6 is 11.8 Å². The predicted octanol–water partition coefficient (Wildman–Crippen LogP) is 4.04. The highest BCUT2D eigenvalue weighted by Crippen LogP contribution is 2.72. The summed E-state index contributed by atoms with van der Waals surface area (Å²) in [6.07, 6.45) is 0.152. The van der Waals surface area contributed by atoms with Crippen LogP contribution in [0.4, 0.5) is 13.2 Å². The number of thioether (sulfide) groups is 1. The standard InChI is InChI=1S/C24H29F3O5S/c1-12-7-15-16-9-18(26)17-8-14(29)5-6-21(17,3)23(16,27)19(30)10-22(15,4)24(12,32-13(2)28)20(31)33-11-25/h5-6,8,12,15-16,18-19,30H,7,9-11H2,1-4H3/t12-,15?,16?,18+,19+,21+,22+,23+,24+/m1/s1. The predicted molar refractivity (Wildman–Crippen MR) is 116 cm³/mol. The normalized spacial score (nSPS) is 48.4. The molecule has 0 amide bonds. The van der Waals surface area contributed by atoms with Crippen LogP contribution in [0.15, 0.2) is 23.8 Å². The summed E-state index contributed by atoms with van der Waals surface area (Å²) in [5, 5.41) is 10.6. The number of hydrogen-bond donors (Lipinski definition) is 1. The van der Waals surface area contributed by atoms with E-state index < -0.39 is 75.0 Å². The summed E-state index contributed by atoms with van der Waals surface area (Å²) in [7, 11) is 0. The van der Waals surface area contributed by atoms with Crippen LogP contribution < -0.4 is 0 Å². The monoisotopic (exact) mass is 486 g/mol. The number of aliphatic hydroxyl groups excluding tert-OH is 1. The number of alkyl halides is 3. The van der Waals surface area contributed by atoms with E-state index in [9.17, 15) is 23.9 Å². The molecule has 3 fully saturated rings. The number of halogens is 3. The van der Waals surface area contributed by atoms with E-state index in [1.54, 1.807) is 13.8 Å². The zero-order chi connectivity index (χ0) is 24.6. The van der Waals surface area contributed by atoms with E-state index in [0.717, 1.165) is 13.0 Å². The Hall–Kier alpha value is -1.61. The molecule has 5 nitrogen and oxygen atoms in total. The second-order valence-corrected chi connectivity index (χ2v) is 11.2. The SMILES string of the molecule is CC(=O)O[C@]1(C(=O)SCF)[C@H](C)CC2C3C[C@H](F)C4=CC(=O)C=C[C@]4(C)[C@@]3(F)[C@@H](O)C[C@@]21C. The smallest absolute Gasteiger partial charge is 0.303 e. The first-order valence-corrected chi connectivity index (χ1v) is 12.2. The van der Waals surface area contributed by atoms with Crippen molar-refractivity contribution in [3.05, 3.63) is 23.8 Å². The summed E-state index contributed by atoms with van der Waals surface area (Å²) in [6.45, 7) is 5.99. The van der Waals surface area contributed by atoms with E-state index >= 15 is 8.78 Å². The largest absolute Gasteiger partial charge is 0.449 e. The molecule has 0 aromatic heterocycles. The van der Waals surface area contributed by atoms with Crippen molar-refractivity contribution in [3.8, 4) is 0 Å². The lowest BCUT2D eigenvalue weighted by Crippen LogP contribution is -2.70. The molecular formula is C24H29F3O5S. The van der Waals surface area contributed by atoms with Gasteiger partial charge in [-0.1, -0.05) is 19.9 Å². The van der Waals surface area contributed by atoms with Crippen molar-refractivity contribution in [2.45, 2.75) is 70.5 Å². The van der Waals surface area contributed by atoms with Crippen LogP contribution in [-0.4, -0.2) is 51.5 Å². The van der Waals surface area contributed by atoms with Crippen LogP contribution in [0.25, 0.3) is 0 Å². The van der Waals surface area contributed by atoms with Crippen molar-refractivity contribution in [2.75, 3.05) is 6.01 Å². The lowest BCUT2D eigenvalue weighted by atomic mass is 9.44. The number of carbonyl (C=O) groups excluding carboxylic acids is 3.